The lowest BCUT2D eigenvalue weighted by atomic mass is 10.1. The van der Waals surface area contributed by atoms with Crippen LogP contribution in [0.5, 0.6) is 5.75 Å². The van der Waals surface area contributed by atoms with Crippen molar-refractivity contribution < 1.29 is 24.1 Å². The molecule has 196 valence electrons. The predicted molar refractivity (Wildman–Crippen MR) is 133 cm³/mol. The highest BCUT2D eigenvalue weighted by molar-refractivity contribution is 5.85. The molecule has 0 radical (unpaired) electrons. The third-order valence-corrected chi connectivity index (χ3v) is 4.67. The number of carbonyl (C=O) groups excluding carboxylic acids is 2. The summed E-state index contributed by atoms with van der Waals surface area (Å²) in [5.41, 5.74) is 8.44. The van der Waals surface area contributed by atoms with Gasteiger partial charge in [-0.05, 0) is 71.9 Å². The van der Waals surface area contributed by atoms with Crippen molar-refractivity contribution >= 4 is 18.0 Å². The summed E-state index contributed by atoms with van der Waals surface area (Å²) in [5, 5.41) is 15.0. The number of aryl methyl sites for hydroxylation is 2. The van der Waals surface area contributed by atoms with E-state index in [1.165, 1.54) is 0 Å². The molecule has 2 amide bonds. The number of alkyl carbamates (subject to hydrolysis) is 1. The van der Waals surface area contributed by atoms with Crippen molar-refractivity contribution in [1.82, 2.24) is 16.1 Å². The normalized spacial score (nSPS) is 13.4. The van der Waals surface area contributed by atoms with Crippen LogP contribution in [0.15, 0.2) is 23.2 Å². The van der Waals surface area contributed by atoms with Crippen molar-refractivity contribution in [2.75, 3.05) is 13.2 Å². The number of nitrogens with two attached hydrogens (primary N) is 1. The van der Waals surface area contributed by atoms with Crippen LogP contribution in [-0.2, 0) is 9.53 Å². The van der Waals surface area contributed by atoms with Gasteiger partial charge in [0.2, 0.25) is 5.91 Å². The summed E-state index contributed by atoms with van der Waals surface area (Å²) in [4.78, 5) is 39.4. The zero-order valence-corrected chi connectivity index (χ0v) is 21.3. The van der Waals surface area contributed by atoms with Gasteiger partial charge >= 0.3 is 6.09 Å². The molecule has 0 aromatic heterocycles. The van der Waals surface area contributed by atoms with Crippen LogP contribution in [0.3, 0.4) is 0 Å². The van der Waals surface area contributed by atoms with E-state index in [0.29, 0.717) is 19.3 Å². The summed E-state index contributed by atoms with van der Waals surface area (Å²) in [6.07, 6.45) is 0.629. The molecule has 0 aliphatic carbocycles. The molecular weight excluding hydrogens is 456 g/mol. The smallest absolute Gasteiger partial charge is 0.408 e. The van der Waals surface area contributed by atoms with Crippen LogP contribution in [0.1, 0.15) is 58.1 Å². The molecule has 12 heteroatoms. The molecule has 5 N–H and O–H groups in total. The fraction of sp³-hybridized carbons (Fsp3) is 0.609. The summed E-state index contributed by atoms with van der Waals surface area (Å²) in [7, 11) is 0. The number of unbranched alkanes of at least 4 members (excludes halogenated alkanes) is 1. The highest BCUT2D eigenvalue weighted by atomic mass is 16.7. The minimum atomic E-state index is -0.842. The zero-order chi connectivity index (χ0) is 26.6. The van der Waals surface area contributed by atoms with Crippen LogP contribution < -0.4 is 26.5 Å². The number of hydrogen-bond donors (Lipinski definition) is 4. The number of amides is 2. The number of para-hydroxylation sites is 1. The van der Waals surface area contributed by atoms with E-state index < -0.39 is 22.8 Å². The Kier molecular flexibility index (Phi) is 11.8. The molecule has 0 fully saturated rings. The van der Waals surface area contributed by atoms with Crippen molar-refractivity contribution in [3.05, 3.63) is 39.4 Å². The number of benzene rings is 1. The van der Waals surface area contributed by atoms with E-state index in [1.54, 1.807) is 26.2 Å². The fourth-order valence-corrected chi connectivity index (χ4v) is 3.13. The quantitative estimate of drug-likeness (QED) is 0.113. The van der Waals surface area contributed by atoms with E-state index in [4.69, 9.17) is 15.2 Å². The predicted octanol–water partition coefficient (Wildman–Crippen LogP) is 2.35. The lowest BCUT2D eigenvalue weighted by molar-refractivity contribution is -0.525. The molecule has 2 atom stereocenters. The van der Waals surface area contributed by atoms with Gasteiger partial charge in [-0.25, -0.2) is 19.9 Å². The minimum absolute atomic E-state index is 0.230. The van der Waals surface area contributed by atoms with E-state index >= 15 is 0 Å². The molecule has 1 aromatic carbocycles. The van der Waals surface area contributed by atoms with Crippen LogP contribution in [-0.4, -0.2) is 53.8 Å². The molecule has 2 unspecified atom stereocenters. The van der Waals surface area contributed by atoms with Crippen LogP contribution in [0.4, 0.5) is 4.79 Å². The average Bonchev–Trinajstić information content (AvgIpc) is 2.70. The van der Waals surface area contributed by atoms with Crippen molar-refractivity contribution in [1.29, 1.82) is 0 Å². The number of rotatable bonds is 12. The van der Waals surface area contributed by atoms with Crippen LogP contribution in [0.25, 0.3) is 0 Å². The maximum Gasteiger partial charge on any atom is 0.408 e. The minimum Gasteiger partial charge on any atom is -0.491 e. The molecule has 12 nitrogen and oxygen atoms in total. The number of hydrazine groups is 1. The Morgan fingerprint density at radius 2 is 1.80 bits per heavy atom. The molecule has 0 saturated carbocycles. The maximum absolute atomic E-state index is 12.9. The third kappa shape index (κ3) is 12.5. The average molecular weight is 495 g/mol. The Labute approximate surface area is 206 Å². The van der Waals surface area contributed by atoms with E-state index in [9.17, 15) is 19.7 Å². The van der Waals surface area contributed by atoms with Crippen LogP contribution in [0, 0.1) is 24.0 Å². The van der Waals surface area contributed by atoms with Gasteiger partial charge in [-0.1, -0.05) is 23.6 Å². The largest absolute Gasteiger partial charge is 0.491 e. The molecule has 1 aromatic rings. The number of aliphatic imine (C=N–C) groups is 1. The second-order valence-corrected chi connectivity index (χ2v) is 9.27. The van der Waals surface area contributed by atoms with Gasteiger partial charge in [0.05, 0.1) is 6.04 Å². The summed E-state index contributed by atoms with van der Waals surface area (Å²) < 4.78 is 11.2. The fourth-order valence-electron chi connectivity index (χ4n) is 3.13. The van der Waals surface area contributed by atoms with Gasteiger partial charge in [0, 0.05) is 6.54 Å². The SMILES string of the molecule is Cc1cccc(C)c1OCC(C)NC(=O)C(CCCCN=C(N)N[N+](=O)[O-])NC(=O)OC(C)(C)C. The molecule has 1 rings (SSSR count). The molecular formula is C23H38N6O6. The number of nitrogens with one attached hydrogen (secondary N) is 3. The van der Waals surface area contributed by atoms with E-state index in [0.717, 1.165) is 16.9 Å². The number of nitro groups is 1. The molecule has 0 aliphatic rings. The standard InChI is InChI=1S/C23H38N6O6/c1-15-10-9-11-16(2)19(15)34-14-17(3)26-20(30)18(27-22(31)35-23(4,5)6)12-7-8-13-25-21(24)28-29(32)33/h9-11,17-18H,7-8,12-14H2,1-6H3,(H,26,30)(H,27,31)(H3,24,25,28). The second kappa shape index (κ2) is 14.0. The first-order valence-corrected chi connectivity index (χ1v) is 11.5. The van der Waals surface area contributed by atoms with E-state index in [-0.39, 0.29) is 31.1 Å². The van der Waals surface area contributed by atoms with Gasteiger partial charge in [-0.15, -0.1) is 0 Å². The van der Waals surface area contributed by atoms with Crippen LogP contribution in [0.2, 0.25) is 0 Å². The lowest BCUT2D eigenvalue weighted by Gasteiger charge is -2.24. The van der Waals surface area contributed by atoms with Crippen molar-refractivity contribution in [2.45, 2.75) is 78.5 Å². The number of ether oxygens (including phenoxy) is 2. The van der Waals surface area contributed by atoms with Gasteiger partial charge in [0.1, 0.15) is 24.0 Å². The first-order chi connectivity index (χ1) is 16.3. The highest BCUT2D eigenvalue weighted by Gasteiger charge is 2.25. The van der Waals surface area contributed by atoms with Crippen molar-refractivity contribution in [3.63, 3.8) is 0 Å². The van der Waals surface area contributed by atoms with Gasteiger partial charge in [0.15, 0.2) is 5.03 Å². The van der Waals surface area contributed by atoms with Gasteiger partial charge < -0.3 is 25.8 Å². The monoisotopic (exact) mass is 494 g/mol. The van der Waals surface area contributed by atoms with Crippen molar-refractivity contribution in [2.24, 2.45) is 10.7 Å². The van der Waals surface area contributed by atoms with Crippen LogP contribution >= 0.6 is 0 Å². The molecule has 0 spiro atoms. The molecule has 35 heavy (non-hydrogen) atoms. The second-order valence-electron chi connectivity index (χ2n) is 9.27. The number of carbonyl (C=O) groups is 2. The Morgan fingerprint density at radius 1 is 1.17 bits per heavy atom. The third-order valence-electron chi connectivity index (χ3n) is 4.67. The zero-order valence-electron chi connectivity index (χ0n) is 21.3. The summed E-state index contributed by atoms with van der Waals surface area (Å²) >= 11 is 0. The number of nitrogens with zero attached hydrogens (tertiary/aromatic N) is 2. The van der Waals surface area contributed by atoms with Crippen molar-refractivity contribution in [3.8, 4) is 5.75 Å². The lowest BCUT2D eigenvalue weighted by Crippen LogP contribution is -2.51. The first-order valence-electron chi connectivity index (χ1n) is 11.5. The summed E-state index contributed by atoms with van der Waals surface area (Å²) in [6, 6.07) is 4.70. The summed E-state index contributed by atoms with van der Waals surface area (Å²) in [6.45, 7) is 11.4. The number of hydrogen-bond acceptors (Lipinski definition) is 7. The van der Waals surface area contributed by atoms with E-state index in [1.807, 2.05) is 39.0 Å². The number of guanidine groups is 1. The summed E-state index contributed by atoms with van der Waals surface area (Å²) in [5.74, 6) is 0.115. The van der Waals surface area contributed by atoms with Gasteiger partial charge in [0.25, 0.3) is 5.96 Å². The molecule has 0 heterocycles. The molecule has 0 bridgehead atoms. The Bertz CT molecular complexity index is 879. The first kappa shape index (κ1) is 29.5. The Morgan fingerprint density at radius 3 is 2.37 bits per heavy atom. The topological polar surface area (TPSA) is 170 Å². The maximum atomic E-state index is 12.9. The Hall–Kier alpha value is -3.57. The Balaban J connectivity index is 2.69. The highest BCUT2D eigenvalue weighted by Crippen LogP contribution is 2.22. The molecule has 0 saturated heterocycles. The van der Waals surface area contributed by atoms with E-state index in [2.05, 4.69) is 15.6 Å². The van der Waals surface area contributed by atoms with Gasteiger partial charge in [-0.3, -0.25) is 4.79 Å². The molecule has 0 aliphatic heterocycles. The van der Waals surface area contributed by atoms with Gasteiger partial charge in [-0.2, -0.15) is 0 Å².